The van der Waals surface area contributed by atoms with Crippen LogP contribution in [0.15, 0.2) is 186 Å². The first-order valence-corrected chi connectivity index (χ1v) is 19.3. The molecule has 0 aliphatic carbocycles. The van der Waals surface area contributed by atoms with Crippen LogP contribution in [0.2, 0.25) is 0 Å². The van der Waals surface area contributed by atoms with Crippen LogP contribution in [0.3, 0.4) is 0 Å². The number of thiophene rings is 1. The number of fused-ring (bicyclic) bond motifs is 12. The molecule has 0 unspecified atom stereocenters. The fourth-order valence-corrected chi connectivity index (χ4v) is 10.2. The number of para-hydroxylation sites is 1. The Morgan fingerprint density at radius 2 is 0.889 bits per heavy atom. The van der Waals surface area contributed by atoms with Gasteiger partial charge in [0.1, 0.15) is 11.2 Å². The summed E-state index contributed by atoms with van der Waals surface area (Å²) < 4.78 is 9.09. The standard InChI is InChI=1S/C52H30OS/c1-2-10-35-29-37(22-19-31(35)9-1)49-41-14-5-3-12-39(41)48(40-13-4-6-15-42(40)49)33-20-17-32(18-21-33)36-25-28-47-45(30-36)44-27-24-34-23-26-43-38-11-7-8-16-46(38)53-51(43)50(34)52(44)54-47/h1-30H. The summed E-state index contributed by atoms with van der Waals surface area (Å²) in [5, 5.41) is 14.9. The van der Waals surface area contributed by atoms with E-state index in [4.69, 9.17) is 4.42 Å². The number of benzene rings is 10. The molecular weight excluding hydrogens is 673 g/mol. The van der Waals surface area contributed by atoms with E-state index >= 15 is 0 Å². The van der Waals surface area contributed by atoms with E-state index in [0.717, 1.165) is 11.2 Å². The van der Waals surface area contributed by atoms with Crippen molar-refractivity contribution in [1.29, 1.82) is 0 Å². The van der Waals surface area contributed by atoms with Crippen LogP contribution in [0.4, 0.5) is 0 Å². The van der Waals surface area contributed by atoms with Crippen molar-refractivity contribution in [2.75, 3.05) is 0 Å². The molecule has 10 aromatic carbocycles. The molecule has 12 rings (SSSR count). The van der Waals surface area contributed by atoms with Crippen LogP contribution in [-0.2, 0) is 0 Å². The second-order valence-corrected chi connectivity index (χ2v) is 15.4. The third-order valence-electron chi connectivity index (χ3n) is 11.4. The third kappa shape index (κ3) is 4.32. The van der Waals surface area contributed by atoms with Gasteiger partial charge < -0.3 is 4.42 Å². The van der Waals surface area contributed by atoms with Crippen LogP contribution in [-0.4, -0.2) is 0 Å². The van der Waals surface area contributed by atoms with Crippen molar-refractivity contribution in [1.82, 2.24) is 0 Å². The van der Waals surface area contributed by atoms with Gasteiger partial charge in [-0.25, -0.2) is 0 Å². The number of furan rings is 1. The molecule has 0 radical (unpaired) electrons. The van der Waals surface area contributed by atoms with Crippen LogP contribution < -0.4 is 0 Å². The van der Waals surface area contributed by atoms with Gasteiger partial charge in [0.05, 0.1) is 0 Å². The average molecular weight is 703 g/mol. The molecule has 12 aromatic rings. The SMILES string of the molecule is c1ccc2cc(-c3c4ccccc4c(-c4ccc(-c5ccc6sc7c(ccc8ccc9c%10ccccc%10oc9c87)c6c5)cc4)c4ccccc34)ccc2c1. The van der Waals surface area contributed by atoms with Crippen molar-refractivity contribution < 1.29 is 4.42 Å². The average Bonchev–Trinajstić information content (AvgIpc) is 3.81. The van der Waals surface area contributed by atoms with Crippen LogP contribution >= 0.6 is 11.3 Å². The van der Waals surface area contributed by atoms with Gasteiger partial charge in [-0.15, -0.1) is 11.3 Å². The Kier molecular flexibility index (Phi) is 6.28. The Hall–Kier alpha value is -6.74. The summed E-state index contributed by atoms with van der Waals surface area (Å²) in [6.07, 6.45) is 0. The Balaban J connectivity index is 0.999. The van der Waals surface area contributed by atoms with Gasteiger partial charge in [0, 0.05) is 36.3 Å². The highest BCUT2D eigenvalue weighted by molar-refractivity contribution is 7.26. The molecule has 2 heteroatoms. The Morgan fingerprint density at radius 3 is 1.63 bits per heavy atom. The molecular formula is C52H30OS. The third-order valence-corrected chi connectivity index (χ3v) is 12.6. The smallest absolute Gasteiger partial charge is 0.144 e. The predicted octanol–water partition coefficient (Wildman–Crippen LogP) is 15.6. The van der Waals surface area contributed by atoms with E-state index in [1.54, 1.807) is 0 Å². The zero-order valence-corrected chi connectivity index (χ0v) is 30.0. The van der Waals surface area contributed by atoms with E-state index in [1.807, 2.05) is 17.4 Å². The molecule has 0 spiro atoms. The molecule has 0 amide bonds. The first-order valence-electron chi connectivity index (χ1n) is 18.5. The lowest BCUT2D eigenvalue weighted by Crippen LogP contribution is -1.91. The van der Waals surface area contributed by atoms with Gasteiger partial charge in [-0.1, -0.05) is 152 Å². The van der Waals surface area contributed by atoms with Crippen molar-refractivity contribution in [3.05, 3.63) is 182 Å². The monoisotopic (exact) mass is 702 g/mol. The summed E-state index contributed by atoms with van der Waals surface area (Å²) in [6.45, 7) is 0. The quantitative estimate of drug-likeness (QED) is 0.167. The molecule has 1 nitrogen and oxygen atoms in total. The van der Waals surface area contributed by atoms with Crippen molar-refractivity contribution in [2.45, 2.75) is 0 Å². The number of hydrogen-bond acceptors (Lipinski definition) is 2. The zero-order valence-electron chi connectivity index (χ0n) is 29.1. The maximum Gasteiger partial charge on any atom is 0.144 e. The molecule has 0 bridgehead atoms. The molecule has 0 saturated carbocycles. The zero-order chi connectivity index (χ0) is 35.3. The minimum Gasteiger partial charge on any atom is -0.455 e. The molecule has 0 atom stereocenters. The van der Waals surface area contributed by atoms with E-state index < -0.39 is 0 Å². The van der Waals surface area contributed by atoms with E-state index in [2.05, 4.69) is 176 Å². The molecule has 0 N–H and O–H groups in total. The van der Waals surface area contributed by atoms with Gasteiger partial charge in [-0.3, -0.25) is 0 Å². The highest BCUT2D eigenvalue weighted by Gasteiger charge is 2.18. The summed E-state index contributed by atoms with van der Waals surface area (Å²) in [7, 11) is 0. The molecule has 2 aromatic heterocycles. The molecule has 0 saturated heterocycles. The summed E-state index contributed by atoms with van der Waals surface area (Å²) in [5.74, 6) is 0. The van der Waals surface area contributed by atoms with Crippen molar-refractivity contribution >= 4 is 96.5 Å². The second kappa shape index (κ2) is 11.4. The van der Waals surface area contributed by atoms with Gasteiger partial charge in [-0.2, -0.15) is 0 Å². The van der Waals surface area contributed by atoms with Gasteiger partial charge in [0.15, 0.2) is 0 Å². The first kappa shape index (κ1) is 29.8. The lowest BCUT2D eigenvalue weighted by molar-refractivity contribution is 0.673. The number of hydrogen-bond donors (Lipinski definition) is 0. The summed E-state index contributed by atoms with van der Waals surface area (Å²) in [5.41, 5.74) is 9.38. The van der Waals surface area contributed by atoms with Crippen LogP contribution in [0.5, 0.6) is 0 Å². The largest absolute Gasteiger partial charge is 0.455 e. The normalized spacial score (nSPS) is 12.1. The fourth-order valence-electron chi connectivity index (χ4n) is 8.92. The summed E-state index contributed by atoms with van der Waals surface area (Å²) in [6, 6.07) is 66.8. The minimum atomic E-state index is 0.936. The Morgan fingerprint density at radius 1 is 0.333 bits per heavy atom. The maximum absolute atomic E-state index is 6.52. The topological polar surface area (TPSA) is 13.1 Å². The summed E-state index contributed by atoms with van der Waals surface area (Å²) in [4.78, 5) is 0. The van der Waals surface area contributed by atoms with Gasteiger partial charge in [0.25, 0.3) is 0 Å². The predicted molar refractivity (Wildman–Crippen MR) is 233 cm³/mol. The molecule has 2 heterocycles. The van der Waals surface area contributed by atoms with Gasteiger partial charge >= 0.3 is 0 Å². The maximum atomic E-state index is 6.52. The highest BCUT2D eigenvalue weighted by Crippen LogP contribution is 2.46. The minimum absolute atomic E-state index is 0.936. The first-order chi connectivity index (χ1) is 26.8. The molecule has 54 heavy (non-hydrogen) atoms. The van der Waals surface area contributed by atoms with Crippen molar-refractivity contribution in [3.63, 3.8) is 0 Å². The highest BCUT2D eigenvalue weighted by atomic mass is 32.1. The lowest BCUT2D eigenvalue weighted by atomic mass is 9.85. The molecule has 250 valence electrons. The fraction of sp³-hybridized carbons (Fsp3) is 0. The lowest BCUT2D eigenvalue weighted by Gasteiger charge is -2.18. The van der Waals surface area contributed by atoms with Crippen molar-refractivity contribution in [2.24, 2.45) is 0 Å². The Labute approximate surface area is 314 Å². The molecule has 0 fully saturated rings. The summed E-state index contributed by atoms with van der Waals surface area (Å²) >= 11 is 1.86. The van der Waals surface area contributed by atoms with Crippen LogP contribution in [0.1, 0.15) is 0 Å². The van der Waals surface area contributed by atoms with Gasteiger partial charge in [-0.05, 0) is 101 Å². The molecule has 0 aliphatic rings. The Bertz CT molecular complexity index is 3430. The van der Waals surface area contributed by atoms with Crippen molar-refractivity contribution in [3.8, 4) is 33.4 Å². The van der Waals surface area contributed by atoms with Crippen LogP contribution in [0.25, 0.3) is 119 Å². The second-order valence-electron chi connectivity index (χ2n) is 14.4. The van der Waals surface area contributed by atoms with E-state index in [1.165, 1.54) is 107 Å². The molecule has 0 aliphatic heterocycles. The number of rotatable bonds is 3. The van der Waals surface area contributed by atoms with E-state index in [9.17, 15) is 0 Å². The van der Waals surface area contributed by atoms with Gasteiger partial charge in [0.2, 0.25) is 0 Å². The van der Waals surface area contributed by atoms with E-state index in [0.29, 0.717) is 0 Å². The van der Waals surface area contributed by atoms with E-state index in [-0.39, 0.29) is 0 Å². The van der Waals surface area contributed by atoms with Crippen LogP contribution in [0, 0.1) is 0 Å².